The number of hydrogen-bond acceptors (Lipinski definition) is 3. The molecule has 0 saturated carbocycles. The van der Waals surface area contributed by atoms with E-state index in [0.717, 1.165) is 23.1 Å². The highest BCUT2D eigenvalue weighted by Crippen LogP contribution is 2.31. The van der Waals surface area contributed by atoms with Crippen molar-refractivity contribution < 1.29 is 9.21 Å². The second kappa shape index (κ2) is 6.65. The summed E-state index contributed by atoms with van der Waals surface area (Å²) in [7, 11) is 0. The molecule has 1 aromatic heterocycles. The van der Waals surface area contributed by atoms with Crippen LogP contribution in [0.25, 0.3) is 22.6 Å². The Labute approximate surface area is 145 Å². The van der Waals surface area contributed by atoms with E-state index in [2.05, 4.69) is 36.3 Å². The molecule has 0 bridgehead atoms. The Hall–Kier alpha value is -2.33. The molecule has 1 heterocycles. The molecule has 0 aliphatic carbocycles. The molecule has 0 spiro atoms. The van der Waals surface area contributed by atoms with Crippen molar-refractivity contribution in [3.63, 3.8) is 0 Å². The molecule has 0 saturated heterocycles. The van der Waals surface area contributed by atoms with Crippen LogP contribution in [-0.4, -0.2) is 10.9 Å². The van der Waals surface area contributed by atoms with Crippen molar-refractivity contribution in [2.45, 2.75) is 33.1 Å². The molecular formula is C19H19ClN2O2. The molecule has 0 radical (unpaired) electrons. The normalized spacial score (nSPS) is 12.3. The first-order valence-electron chi connectivity index (χ1n) is 7.96. The maximum absolute atomic E-state index is 11.3. The summed E-state index contributed by atoms with van der Waals surface area (Å²) in [5.74, 6) is 0.816. The molecule has 4 nitrogen and oxygen atoms in total. The number of anilines is 1. The highest BCUT2D eigenvalue weighted by Gasteiger charge is 2.13. The van der Waals surface area contributed by atoms with Crippen LogP contribution in [-0.2, 0) is 4.79 Å². The molecule has 0 aliphatic rings. The standard InChI is InChI=1S/C19H19ClN2O2/c1-4-11(2)13-6-8-18-17(9-13)22-19(24-18)14-5-7-15(20)16(10-14)21-12(3)23/h5-11H,4H2,1-3H3,(H,21,23)/t11-/m1/s1. The quantitative estimate of drug-likeness (QED) is 0.669. The lowest BCUT2D eigenvalue weighted by Crippen LogP contribution is -2.06. The smallest absolute Gasteiger partial charge is 0.227 e. The maximum atomic E-state index is 11.3. The van der Waals surface area contributed by atoms with Gasteiger partial charge in [-0.15, -0.1) is 0 Å². The summed E-state index contributed by atoms with van der Waals surface area (Å²) in [5, 5.41) is 3.18. The Morgan fingerprint density at radius 3 is 2.79 bits per heavy atom. The molecule has 124 valence electrons. The predicted octanol–water partition coefficient (Wildman–Crippen LogP) is 5.62. The molecule has 2 aromatic carbocycles. The van der Waals surface area contributed by atoms with Gasteiger partial charge >= 0.3 is 0 Å². The topological polar surface area (TPSA) is 55.1 Å². The monoisotopic (exact) mass is 342 g/mol. The van der Waals surface area contributed by atoms with Gasteiger partial charge in [-0.25, -0.2) is 4.98 Å². The lowest BCUT2D eigenvalue weighted by atomic mass is 9.98. The minimum atomic E-state index is -0.176. The number of oxazole rings is 1. The molecule has 1 amide bonds. The number of nitrogens with one attached hydrogen (secondary N) is 1. The molecular weight excluding hydrogens is 324 g/mol. The Bertz CT molecular complexity index is 902. The summed E-state index contributed by atoms with van der Waals surface area (Å²) < 4.78 is 5.86. The van der Waals surface area contributed by atoms with Crippen LogP contribution >= 0.6 is 11.6 Å². The molecule has 5 heteroatoms. The molecule has 0 unspecified atom stereocenters. The third kappa shape index (κ3) is 3.29. The van der Waals surface area contributed by atoms with Crippen LogP contribution in [0.2, 0.25) is 5.02 Å². The molecule has 1 atom stereocenters. The van der Waals surface area contributed by atoms with Crippen LogP contribution in [0.1, 0.15) is 38.7 Å². The molecule has 1 N–H and O–H groups in total. The van der Waals surface area contributed by atoms with Gasteiger partial charge in [0.05, 0.1) is 10.7 Å². The minimum Gasteiger partial charge on any atom is -0.436 e. The van der Waals surface area contributed by atoms with E-state index >= 15 is 0 Å². The van der Waals surface area contributed by atoms with Crippen molar-refractivity contribution in [2.24, 2.45) is 0 Å². The van der Waals surface area contributed by atoms with E-state index in [1.54, 1.807) is 12.1 Å². The van der Waals surface area contributed by atoms with E-state index in [0.29, 0.717) is 22.5 Å². The molecule has 0 aliphatic heterocycles. The fourth-order valence-electron chi connectivity index (χ4n) is 2.55. The van der Waals surface area contributed by atoms with Crippen molar-refractivity contribution in [2.75, 3.05) is 5.32 Å². The summed E-state index contributed by atoms with van der Waals surface area (Å²) in [4.78, 5) is 15.9. The number of aromatic nitrogens is 1. The van der Waals surface area contributed by atoms with E-state index in [1.165, 1.54) is 12.5 Å². The van der Waals surface area contributed by atoms with E-state index in [-0.39, 0.29) is 5.91 Å². The number of fused-ring (bicyclic) bond motifs is 1. The van der Waals surface area contributed by atoms with Crippen LogP contribution in [0.3, 0.4) is 0 Å². The summed E-state index contributed by atoms with van der Waals surface area (Å²) >= 11 is 6.11. The predicted molar refractivity (Wildman–Crippen MR) is 97.5 cm³/mol. The van der Waals surface area contributed by atoms with Gasteiger partial charge in [0, 0.05) is 12.5 Å². The van der Waals surface area contributed by atoms with Crippen molar-refractivity contribution >= 4 is 34.3 Å². The number of halogens is 1. The van der Waals surface area contributed by atoms with Crippen molar-refractivity contribution in [3.05, 3.63) is 47.0 Å². The number of nitrogens with zero attached hydrogens (tertiary/aromatic N) is 1. The number of rotatable bonds is 4. The Morgan fingerprint density at radius 2 is 2.08 bits per heavy atom. The first kappa shape index (κ1) is 16.5. The lowest BCUT2D eigenvalue weighted by Gasteiger charge is -2.07. The second-order valence-electron chi connectivity index (χ2n) is 5.93. The average Bonchev–Trinajstić information content (AvgIpc) is 2.98. The zero-order valence-corrected chi connectivity index (χ0v) is 14.6. The SMILES string of the molecule is CC[C@@H](C)c1ccc2oc(-c3ccc(Cl)c(NC(C)=O)c3)nc2c1. The van der Waals surface area contributed by atoms with Crippen LogP contribution in [0.5, 0.6) is 0 Å². The lowest BCUT2D eigenvalue weighted by molar-refractivity contribution is -0.114. The number of hydrogen-bond donors (Lipinski definition) is 1. The third-order valence-electron chi connectivity index (χ3n) is 4.12. The Kier molecular flexibility index (Phi) is 4.58. The first-order valence-corrected chi connectivity index (χ1v) is 8.33. The van der Waals surface area contributed by atoms with E-state index < -0.39 is 0 Å². The van der Waals surface area contributed by atoms with Gasteiger partial charge in [0.2, 0.25) is 11.8 Å². The Morgan fingerprint density at radius 1 is 1.29 bits per heavy atom. The number of amides is 1. The maximum Gasteiger partial charge on any atom is 0.227 e. The third-order valence-corrected chi connectivity index (χ3v) is 4.45. The second-order valence-corrected chi connectivity index (χ2v) is 6.34. The number of benzene rings is 2. The minimum absolute atomic E-state index is 0.176. The fraction of sp³-hybridized carbons (Fsp3) is 0.263. The number of carbonyl (C=O) groups is 1. The molecule has 3 rings (SSSR count). The van der Waals surface area contributed by atoms with Crippen LogP contribution in [0.4, 0.5) is 5.69 Å². The van der Waals surface area contributed by atoms with E-state index in [4.69, 9.17) is 16.0 Å². The number of carbonyl (C=O) groups excluding carboxylic acids is 1. The zero-order chi connectivity index (χ0) is 17.3. The van der Waals surface area contributed by atoms with E-state index in [1.807, 2.05) is 12.1 Å². The summed E-state index contributed by atoms with van der Waals surface area (Å²) in [6, 6.07) is 11.4. The zero-order valence-electron chi connectivity index (χ0n) is 13.9. The summed E-state index contributed by atoms with van der Waals surface area (Å²) in [6.07, 6.45) is 1.08. The van der Waals surface area contributed by atoms with Crippen LogP contribution in [0, 0.1) is 0 Å². The molecule has 3 aromatic rings. The van der Waals surface area contributed by atoms with Crippen molar-refractivity contribution in [1.82, 2.24) is 4.98 Å². The van der Waals surface area contributed by atoms with Gasteiger partial charge < -0.3 is 9.73 Å². The summed E-state index contributed by atoms with van der Waals surface area (Å²) in [6.45, 7) is 5.81. The van der Waals surface area contributed by atoms with Crippen LogP contribution in [0.15, 0.2) is 40.8 Å². The van der Waals surface area contributed by atoms with Gasteiger partial charge in [0.25, 0.3) is 0 Å². The van der Waals surface area contributed by atoms with Gasteiger partial charge in [0.15, 0.2) is 5.58 Å². The van der Waals surface area contributed by atoms with E-state index in [9.17, 15) is 4.79 Å². The highest BCUT2D eigenvalue weighted by atomic mass is 35.5. The van der Waals surface area contributed by atoms with Gasteiger partial charge in [-0.05, 0) is 48.2 Å². The summed E-state index contributed by atoms with van der Waals surface area (Å²) in [5.41, 5.74) is 4.14. The highest BCUT2D eigenvalue weighted by molar-refractivity contribution is 6.33. The molecule has 24 heavy (non-hydrogen) atoms. The largest absolute Gasteiger partial charge is 0.436 e. The molecule has 0 fully saturated rings. The fourth-order valence-corrected chi connectivity index (χ4v) is 2.72. The van der Waals surface area contributed by atoms with Gasteiger partial charge in [0.1, 0.15) is 5.52 Å². The van der Waals surface area contributed by atoms with Crippen molar-refractivity contribution in [1.29, 1.82) is 0 Å². The van der Waals surface area contributed by atoms with Crippen molar-refractivity contribution in [3.8, 4) is 11.5 Å². The van der Waals surface area contributed by atoms with Gasteiger partial charge in [-0.3, -0.25) is 4.79 Å². The van der Waals surface area contributed by atoms with Gasteiger partial charge in [-0.2, -0.15) is 0 Å². The van der Waals surface area contributed by atoms with Crippen LogP contribution < -0.4 is 5.32 Å². The Balaban J connectivity index is 2.01. The van der Waals surface area contributed by atoms with Gasteiger partial charge in [-0.1, -0.05) is 31.5 Å². The first-order chi connectivity index (χ1) is 11.5. The average molecular weight is 343 g/mol.